The van der Waals surface area contributed by atoms with Gasteiger partial charge in [-0.25, -0.2) is 9.78 Å². The third kappa shape index (κ3) is 2.30. The lowest BCUT2D eigenvalue weighted by Gasteiger charge is -2.21. The van der Waals surface area contributed by atoms with Gasteiger partial charge in [0.05, 0.1) is 0 Å². The highest BCUT2D eigenvalue weighted by atomic mass is 35.5. The van der Waals surface area contributed by atoms with Gasteiger partial charge in [0.2, 0.25) is 0 Å². The highest BCUT2D eigenvalue weighted by molar-refractivity contribution is 5.85. The Hall–Kier alpha value is -1.07. The van der Waals surface area contributed by atoms with E-state index in [0.29, 0.717) is 12.5 Å². The van der Waals surface area contributed by atoms with E-state index in [-0.39, 0.29) is 18.1 Å². The maximum Gasteiger partial charge on any atom is 0.356 e. The fourth-order valence-corrected chi connectivity index (χ4v) is 1.80. The molecular weight excluding hydrogens is 218 g/mol. The first kappa shape index (κ1) is 12.0. The quantitative estimate of drug-likeness (QED) is 0.778. The van der Waals surface area contributed by atoms with Gasteiger partial charge in [-0.3, -0.25) is 0 Å². The van der Waals surface area contributed by atoms with Crippen molar-refractivity contribution in [2.75, 3.05) is 6.54 Å². The SMILES string of the molecule is Cl.NCC1CCn2cc(C(=O)O)nc2C1. The number of nitrogens with zero attached hydrogens (tertiary/aromatic N) is 2. The number of imidazole rings is 1. The molecule has 0 spiro atoms. The Morgan fingerprint density at radius 1 is 1.73 bits per heavy atom. The van der Waals surface area contributed by atoms with Gasteiger partial charge in [-0.05, 0) is 18.9 Å². The number of carboxylic acid groups (broad SMARTS) is 1. The van der Waals surface area contributed by atoms with Crippen molar-refractivity contribution in [1.29, 1.82) is 0 Å². The van der Waals surface area contributed by atoms with Crippen molar-refractivity contribution < 1.29 is 9.90 Å². The summed E-state index contributed by atoms with van der Waals surface area (Å²) in [4.78, 5) is 14.7. The van der Waals surface area contributed by atoms with Crippen LogP contribution in [0.5, 0.6) is 0 Å². The summed E-state index contributed by atoms with van der Waals surface area (Å²) in [5.74, 6) is 0.340. The summed E-state index contributed by atoms with van der Waals surface area (Å²) < 4.78 is 1.91. The zero-order valence-electron chi connectivity index (χ0n) is 8.22. The number of carbonyl (C=O) groups is 1. The third-order valence-corrected chi connectivity index (χ3v) is 2.66. The molecule has 1 aromatic rings. The number of aryl methyl sites for hydroxylation is 1. The van der Waals surface area contributed by atoms with Crippen LogP contribution in [0.3, 0.4) is 0 Å². The van der Waals surface area contributed by atoms with Crippen molar-refractivity contribution >= 4 is 18.4 Å². The number of hydrogen-bond acceptors (Lipinski definition) is 3. The van der Waals surface area contributed by atoms with E-state index in [2.05, 4.69) is 4.98 Å². The summed E-state index contributed by atoms with van der Waals surface area (Å²) in [6, 6.07) is 0. The Kier molecular flexibility index (Phi) is 3.71. The van der Waals surface area contributed by atoms with Crippen LogP contribution in [-0.4, -0.2) is 27.2 Å². The molecule has 3 N–H and O–H groups in total. The smallest absolute Gasteiger partial charge is 0.356 e. The molecule has 2 heterocycles. The highest BCUT2D eigenvalue weighted by Gasteiger charge is 2.21. The van der Waals surface area contributed by atoms with Crippen LogP contribution in [0.1, 0.15) is 22.7 Å². The zero-order valence-corrected chi connectivity index (χ0v) is 9.04. The minimum Gasteiger partial charge on any atom is -0.476 e. The molecule has 1 aliphatic heterocycles. The molecular formula is C9H14ClN3O2. The van der Waals surface area contributed by atoms with E-state index in [9.17, 15) is 4.79 Å². The number of hydrogen-bond donors (Lipinski definition) is 2. The first-order valence-corrected chi connectivity index (χ1v) is 4.70. The average Bonchev–Trinajstić information content (AvgIpc) is 2.59. The summed E-state index contributed by atoms with van der Waals surface area (Å²) >= 11 is 0. The van der Waals surface area contributed by atoms with Crippen LogP contribution in [0.2, 0.25) is 0 Å². The first-order chi connectivity index (χ1) is 6.70. The summed E-state index contributed by atoms with van der Waals surface area (Å²) in [6.45, 7) is 1.48. The Morgan fingerprint density at radius 3 is 3.07 bits per heavy atom. The molecule has 15 heavy (non-hydrogen) atoms. The molecule has 2 rings (SSSR count). The largest absolute Gasteiger partial charge is 0.476 e. The number of aromatic carboxylic acids is 1. The molecule has 1 aromatic heterocycles. The third-order valence-electron chi connectivity index (χ3n) is 2.66. The van der Waals surface area contributed by atoms with Crippen LogP contribution in [0.4, 0.5) is 0 Å². The monoisotopic (exact) mass is 231 g/mol. The van der Waals surface area contributed by atoms with Crippen LogP contribution in [0.15, 0.2) is 6.20 Å². The van der Waals surface area contributed by atoms with Gasteiger partial charge in [0.1, 0.15) is 5.82 Å². The highest BCUT2D eigenvalue weighted by Crippen LogP contribution is 2.19. The minimum absolute atomic E-state index is 0. The lowest BCUT2D eigenvalue weighted by molar-refractivity contribution is 0.0691. The molecule has 0 fully saturated rings. The van der Waals surface area contributed by atoms with Crippen LogP contribution < -0.4 is 5.73 Å². The van der Waals surface area contributed by atoms with Crippen LogP contribution in [0.25, 0.3) is 0 Å². The van der Waals surface area contributed by atoms with Gasteiger partial charge in [0, 0.05) is 19.2 Å². The maximum absolute atomic E-state index is 10.7. The maximum atomic E-state index is 10.7. The van der Waals surface area contributed by atoms with Gasteiger partial charge < -0.3 is 15.4 Å². The molecule has 0 radical (unpaired) electrons. The number of fused-ring (bicyclic) bond motifs is 1. The molecule has 0 saturated heterocycles. The predicted octanol–water partition coefficient (Wildman–Crippen LogP) is 0.524. The summed E-state index contributed by atoms with van der Waals surface area (Å²) in [7, 11) is 0. The Balaban J connectivity index is 0.00000112. The number of aromatic nitrogens is 2. The van der Waals surface area contributed by atoms with Crippen molar-refractivity contribution in [3.63, 3.8) is 0 Å². The molecule has 1 atom stereocenters. The van der Waals surface area contributed by atoms with Gasteiger partial charge >= 0.3 is 5.97 Å². The van der Waals surface area contributed by atoms with Gasteiger partial charge in [-0.1, -0.05) is 0 Å². The fraction of sp³-hybridized carbons (Fsp3) is 0.556. The van der Waals surface area contributed by atoms with Gasteiger partial charge in [0.25, 0.3) is 0 Å². The van der Waals surface area contributed by atoms with Gasteiger partial charge in [-0.15, -0.1) is 12.4 Å². The van der Waals surface area contributed by atoms with Gasteiger partial charge in [0.15, 0.2) is 5.69 Å². The van der Waals surface area contributed by atoms with E-state index in [1.165, 1.54) is 0 Å². The number of carboxylic acids is 1. The molecule has 0 saturated carbocycles. The standard InChI is InChI=1S/C9H13N3O2.ClH/c10-4-6-1-2-12-5-7(9(13)14)11-8(12)3-6;/h5-6H,1-4,10H2,(H,13,14);1H. The van der Waals surface area contributed by atoms with Gasteiger partial charge in [-0.2, -0.15) is 0 Å². The lowest BCUT2D eigenvalue weighted by atomic mass is 9.98. The van der Waals surface area contributed by atoms with E-state index < -0.39 is 5.97 Å². The van der Waals surface area contributed by atoms with Crippen LogP contribution >= 0.6 is 12.4 Å². The topological polar surface area (TPSA) is 81.1 Å². The van der Waals surface area contributed by atoms with Crippen LogP contribution in [-0.2, 0) is 13.0 Å². The lowest BCUT2D eigenvalue weighted by Crippen LogP contribution is -2.25. The van der Waals surface area contributed by atoms with Crippen LogP contribution in [0, 0.1) is 5.92 Å². The molecule has 1 unspecified atom stereocenters. The Morgan fingerprint density at radius 2 is 2.47 bits per heavy atom. The van der Waals surface area contributed by atoms with E-state index in [4.69, 9.17) is 10.8 Å². The molecule has 84 valence electrons. The molecule has 1 aliphatic rings. The van der Waals surface area contributed by atoms with Crippen molar-refractivity contribution in [3.8, 4) is 0 Å². The summed E-state index contributed by atoms with van der Waals surface area (Å²) in [5, 5.41) is 8.76. The number of rotatable bonds is 2. The number of halogens is 1. The van der Waals surface area contributed by atoms with E-state index in [0.717, 1.165) is 25.2 Å². The molecule has 5 nitrogen and oxygen atoms in total. The zero-order chi connectivity index (χ0) is 10.1. The number of nitrogens with two attached hydrogens (primary N) is 1. The van der Waals surface area contributed by atoms with Crippen molar-refractivity contribution in [2.24, 2.45) is 11.7 Å². The van der Waals surface area contributed by atoms with E-state index in [1.807, 2.05) is 4.57 Å². The second-order valence-corrected chi connectivity index (χ2v) is 3.64. The second-order valence-electron chi connectivity index (χ2n) is 3.64. The molecule has 0 bridgehead atoms. The first-order valence-electron chi connectivity index (χ1n) is 4.70. The van der Waals surface area contributed by atoms with E-state index >= 15 is 0 Å². The van der Waals surface area contributed by atoms with Crippen molar-refractivity contribution in [3.05, 3.63) is 17.7 Å². The minimum atomic E-state index is -0.962. The molecule has 0 aromatic carbocycles. The second kappa shape index (κ2) is 4.63. The van der Waals surface area contributed by atoms with E-state index in [1.54, 1.807) is 6.20 Å². The molecule has 0 amide bonds. The molecule has 6 heteroatoms. The predicted molar refractivity (Wildman–Crippen MR) is 57.3 cm³/mol. The Labute approximate surface area is 93.7 Å². The summed E-state index contributed by atoms with van der Waals surface area (Å²) in [5.41, 5.74) is 5.71. The fourth-order valence-electron chi connectivity index (χ4n) is 1.80. The molecule has 0 aliphatic carbocycles. The van der Waals surface area contributed by atoms with Crippen molar-refractivity contribution in [2.45, 2.75) is 19.4 Å². The average molecular weight is 232 g/mol. The Bertz CT molecular complexity index is 364. The van der Waals surface area contributed by atoms with Crippen molar-refractivity contribution in [1.82, 2.24) is 9.55 Å². The normalized spacial score (nSPS) is 19.1. The summed E-state index contributed by atoms with van der Waals surface area (Å²) in [6.07, 6.45) is 3.41.